The van der Waals surface area contributed by atoms with Crippen LogP contribution in [0.25, 0.3) is 22.8 Å². The highest BCUT2D eigenvalue weighted by molar-refractivity contribution is 5.93. The molecule has 3 aromatic heterocycles. The second-order valence-electron chi connectivity index (χ2n) is 10.0. The molecule has 38 heavy (non-hydrogen) atoms. The SMILES string of the molecule is CC(C)c1ncccc1-c1ncc2c(n1)N(Cc1ccc(-c3nc(C(C)(F)F)cn3C)cc1)C(=O)N(C)C2. The molecule has 0 atom stereocenters. The molecule has 0 spiro atoms. The smallest absolute Gasteiger partial charge is 0.326 e. The van der Waals surface area contributed by atoms with E-state index in [0.29, 0.717) is 29.6 Å². The van der Waals surface area contributed by atoms with Crippen molar-refractivity contribution in [2.24, 2.45) is 7.05 Å². The predicted octanol–water partition coefficient (Wildman–Crippen LogP) is 5.75. The second-order valence-corrected chi connectivity index (χ2v) is 10.0. The van der Waals surface area contributed by atoms with Crippen LogP contribution in [-0.4, -0.2) is 42.5 Å². The summed E-state index contributed by atoms with van der Waals surface area (Å²) in [5.74, 6) is -1.29. The molecule has 4 aromatic rings. The molecule has 0 radical (unpaired) electrons. The van der Waals surface area contributed by atoms with E-state index in [1.807, 2.05) is 36.4 Å². The molecule has 4 heterocycles. The molecule has 8 nitrogen and oxygen atoms in total. The minimum absolute atomic E-state index is 0.166. The molecule has 0 fully saturated rings. The van der Waals surface area contributed by atoms with Gasteiger partial charge in [-0.2, -0.15) is 8.78 Å². The van der Waals surface area contributed by atoms with Gasteiger partial charge < -0.3 is 9.47 Å². The van der Waals surface area contributed by atoms with Gasteiger partial charge >= 0.3 is 6.03 Å². The fraction of sp³-hybridized carbons (Fsp3) is 0.321. The summed E-state index contributed by atoms with van der Waals surface area (Å²) in [5.41, 5.74) is 3.88. The van der Waals surface area contributed by atoms with Crippen molar-refractivity contribution >= 4 is 11.8 Å². The topological polar surface area (TPSA) is 80.0 Å². The number of alkyl halides is 2. The number of rotatable bonds is 6. The Morgan fingerprint density at radius 2 is 1.79 bits per heavy atom. The summed E-state index contributed by atoms with van der Waals surface area (Å²) in [7, 11) is 3.43. The van der Waals surface area contributed by atoms with Gasteiger partial charge in [0, 0.05) is 56.3 Å². The zero-order chi connectivity index (χ0) is 27.2. The highest BCUT2D eigenvalue weighted by Gasteiger charge is 2.31. The summed E-state index contributed by atoms with van der Waals surface area (Å²) in [4.78, 5) is 34.6. The number of hydrogen-bond donors (Lipinski definition) is 0. The number of amides is 2. The summed E-state index contributed by atoms with van der Waals surface area (Å²) in [6.07, 6.45) is 4.87. The van der Waals surface area contributed by atoms with Crippen molar-refractivity contribution in [2.45, 2.75) is 45.7 Å². The van der Waals surface area contributed by atoms with Crippen LogP contribution < -0.4 is 4.90 Å². The van der Waals surface area contributed by atoms with Crippen molar-refractivity contribution in [2.75, 3.05) is 11.9 Å². The van der Waals surface area contributed by atoms with Crippen LogP contribution in [0.2, 0.25) is 0 Å². The lowest BCUT2D eigenvalue weighted by Crippen LogP contribution is -2.45. The number of urea groups is 1. The number of nitrogens with zero attached hydrogens (tertiary/aromatic N) is 7. The van der Waals surface area contributed by atoms with Crippen LogP contribution in [0.3, 0.4) is 0 Å². The molecule has 0 saturated heterocycles. The first-order valence-corrected chi connectivity index (χ1v) is 12.4. The summed E-state index contributed by atoms with van der Waals surface area (Å²) in [5, 5.41) is 0. The first-order chi connectivity index (χ1) is 18.0. The Morgan fingerprint density at radius 1 is 1.05 bits per heavy atom. The Morgan fingerprint density at radius 3 is 2.45 bits per heavy atom. The minimum Gasteiger partial charge on any atom is -0.334 e. The highest BCUT2D eigenvalue weighted by atomic mass is 19.3. The number of hydrogen-bond acceptors (Lipinski definition) is 5. The van der Waals surface area contributed by atoms with E-state index in [0.717, 1.165) is 29.3 Å². The Balaban J connectivity index is 1.47. The Bertz CT molecular complexity index is 1490. The van der Waals surface area contributed by atoms with E-state index in [1.165, 1.54) is 6.20 Å². The molecule has 1 aromatic carbocycles. The van der Waals surface area contributed by atoms with E-state index in [4.69, 9.17) is 4.98 Å². The predicted molar refractivity (Wildman–Crippen MR) is 141 cm³/mol. The van der Waals surface area contributed by atoms with Gasteiger partial charge in [0.1, 0.15) is 17.3 Å². The Kier molecular flexibility index (Phi) is 6.42. The van der Waals surface area contributed by atoms with Crippen molar-refractivity contribution in [3.63, 3.8) is 0 Å². The van der Waals surface area contributed by atoms with Gasteiger partial charge in [0.05, 0.1) is 18.8 Å². The van der Waals surface area contributed by atoms with Crippen molar-refractivity contribution in [1.29, 1.82) is 0 Å². The Hall–Kier alpha value is -4.21. The Labute approximate surface area is 220 Å². The summed E-state index contributed by atoms with van der Waals surface area (Å²) in [6, 6.07) is 11.0. The molecular formula is C28H29F2N7O. The van der Waals surface area contributed by atoms with Crippen LogP contribution >= 0.6 is 0 Å². The zero-order valence-electron chi connectivity index (χ0n) is 22.0. The van der Waals surface area contributed by atoms with Gasteiger partial charge in [0.2, 0.25) is 0 Å². The quantitative estimate of drug-likeness (QED) is 0.326. The van der Waals surface area contributed by atoms with Crippen LogP contribution in [0.15, 0.2) is 55.0 Å². The van der Waals surface area contributed by atoms with Gasteiger partial charge in [-0.05, 0) is 23.6 Å². The molecule has 0 bridgehead atoms. The number of carbonyl (C=O) groups excluding carboxylic acids is 1. The van der Waals surface area contributed by atoms with Gasteiger partial charge in [0.25, 0.3) is 5.92 Å². The number of anilines is 1. The number of aryl methyl sites for hydroxylation is 1. The van der Waals surface area contributed by atoms with Crippen LogP contribution in [0.4, 0.5) is 19.4 Å². The fourth-order valence-corrected chi connectivity index (χ4v) is 4.59. The average Bonchev–Trinajstić information content (AvgIpc) is 3.29. The largest absolute Gasteiger partial charge is 0.334 e. The van der Waals surface area contributed by atoms with E-state index in [9.17, 15) is 13.6 Å². The molecule has 1 aliphatic rings. The number of pyridine rings is 1. The van der Waals surface area contributed by atoms with Crippen LogP contribution in [-0.2, 0) is 26.1 Å². The van der Waals surface area contributed by atoms with Crippen molar-refractivity contribution < 1.29 is 13.6 Å². The zero-order valence-corrected chi connectivity index (χ0v) is 22.0. The lowest BCUT2D eigenvalue weighted by Gasteiger charge is -2.34. The summed E-state index contributed by atoms with van der Waals surface area (Å²) < 4.78 is 29.1. The van der Waals surface area contributed by atoms with E-state index < -0.39 is 5.92 Å². The molecule has 5 rings (SSSR count). The fourth-order valence-electron chi connectivity index (χ4n) is 4.59. The maximum absolute atomic E-state index is 13.7. The lowest BCUT2D eigenvalue weighted by atomic mass is 10.0. The van der Waals surface area contributed by atoms with Crippen LogP contribution in [0.5, 0.6) is 0 Å². The average molecular weight is 518 g/mol. The number of aromatic nitrogens is 5. The second kappa shape index (κ2) is 9.59. The van der Waals surface area contributed by atoms with E-state index >= 15 is 0 Å². The van der Waals surface area contributed by atoms with Gasteiger partial charge in [0.15, 0.2) is 5.82 Å². The van der Waals surface area contributed by atoms with Crippen molar-refractivity contribution in [3.8, 4) is 22.8 Å². The molecular weight excluding hydrogens is 488 g/mol. The standard InChI is InChI=1S/C28H29F2N7O/c1-17(2)23-21(7-6-12-31-23)24-32-13-20-15-36(5)27(38)37(26(20)34-24)14-18-8-10-19(11-9-18)25-33-22(16-35(25)4)28(3,29)30/h6-13,16-17H,14-15H2,1-5H3. The van der Waals surface area contributed by atoms with Crippen molar-refractivity contribution in [3.05, 3.63) is 77.5 Å². The number of benzene rings is 1. The third-order valence-corrected chi connectivity index (χ3v) is 6.57. The molecule has 0 aliphatic carbocycles. The van der Waals surface area contributed by atoms with Gasteiger partial charge in [-0.25, -0.2) is 19.7 Å². The maximum atomic E-state index is 13.7. The van der Waals surface area contributed by atoms with Gasteiger partial charge in [-0.1, -0.05) is 38.1 Å². The summed E-state index contributed by atoms with van der Waals surface area (Å²) >= 11 is 0. The monoisotopic (exact) mass is 517 g/mol. The summed E-state index contributed by atoms with van der Waals surface area (Å²) in [6.45, 7) is 5.67. The maximum Gasteiger partial charge on any atom is 0.326 e. The normalized spacial score (nSPS) is 13.8. The third-order valence-electron chi connectivity index (χ3n) is 6.57. The number of imidazole rings is 1. The molecule has 196 valence electrons. The number of halogens is 2. The van der Waals surface area contributed by atoms with Crippen LogP contribution in [0.1, 0.15) is 49.2 Å². The lowest BCUT2D eigenvalue weighted by molar-refractivity contribution is 0.0131. The minimum atomic E-state index is -3.02. The highest BCUT2D eigenvalue weighted by Crippen LogP contribution is 2.32. The number of carbonyl (C=O) groups is 1. The first kappa shape index (κ1) is 25.4. The van der Waals surface area contributed by atoms with E-state index in [1.54, 1.807) is 40.9 Å². The molecule has 0 saturated carbocycles. The first-order valence-electron chi connectivity index (χ1n) is 12.4. The van der Waals surface area contributed by atoms with E-state index in [-0.39, 0.29) is 24.2 Å². The molecule has 0 N–H and O–H groups in total. The van der Waals surface area contributed by atoms with Gasteiger partial charge in [-0.15, -0.1) is 0 Å². The van der Waals surface area contributed by atoms with Gasteiger partial charge in [-0.3, -0.25) is 9.88 Å². The molecule has 2 amide bonds. The molecule has 10 heteroatoms. The van der Waals surface area contributed by atoms with Crippen molar-refractivity contribution in [1.82, 2.24) is 29.4 Å². The number of fused-ring (bicyclic) bond motifs is 1. The van der Waals surface area contributed by atoms with Crippen LogP contribution in [0, 0.1) is 0 Å². The molecule has 1 aliphatic heterocycles. The third kappa shape index (κ3) is 4.73. The van der Waals surface area contributed by atoms with E-state index in [2.05, 4.69) is 28.8 Å². The molecule has 0 unspecified atom stereocenters.